The summed E-state index contributed by atoms with van der Waals surface area (Å²) in [6, 6.07) is 6.35. The van der Waals surface area contributed by atoms with E-state index in [2.05, 4.69) is 30.1 Å². The minimum absolute atomic E-state index is 0.123. The number of carbonyl (C=O) groups excluding carboxylic acids is 1. The van der Waals surface area contributed by atoms with Crippen LogP contribution in [0.4, 0.5) is 5.69 Å². The Kier molecular flexibility index (Phi) is 5.01. The third-order valence-corrected chi connectivity index (χ3v) is 3.82. The molecule has 0 saturated carbocycles. The first-order valence-electron chi connectivity index (χ1n) is 7.47. The lowest BCUT2D eigenvalue weighted by Gasteiger charge is -2.28. The quantitative estimate of drug-likeness (QED) is 0.807. The molecule has 20 heavy (non-hydrogen) atoms. The average molecular weight is 275 g/mol. The van der Waals surface area contributed by atoms with Gasteiger partial charge >= 0.3 is 0 Å². The standard InChI is InChI=1S/C16H25N3O/c1-3-4-12(2)18-16(20)11-19-8-7-13-5-6-15(17)9-14(13)10-19/h5-6,9,12H,3-4,7-8,10-11,17H2,1-2H3,(H,18,20). The Labute approximate surface area is 121 Å². The number of benzene rings is 1. The van der Waals surface area contributed by atoms with Gasteiger partial charge in [-0.25, -0.2) is 0 Å². The van der Waals surface area contributed by atoms with Gasteiger partial charge in [0.05, 0.1) is 6.54 Å². The number of hydrogen-bond acceptors (Lipinski definition) is 3. The first kappa shape index (κ1) is 14.9. The molecule has 0 saturated heterocycles. The molecule has 1 amide bonds. The largest absolute Gasteiger partial charge is 0.399 e. The molecule has 1 heterocycles. The number of nitrogens with zero attached hydrogens (tertiary/aromatic N) is 1. The summed E-state index contributed by atoms with van der Waals surface area (Å²) in [5.41, 5.74) is 9.24. The van der Waals surface area contributed by atoms with Crippen LogP contribution in [-0.4, -0.2) is 29.9 Å². The van der Waals surface area contributed by atoms with Crippen LogP contribution in [0.5, 0.6) is 0 Å². The molecule has 0 fully saturated rings. The Morgan fingerprint density at radius 3 is 3.00 bits per heavy atom. The van der Waals surface area contributed by atoms with Crippen LogP contribution in [0.2, 0.25) is 0 Å². The number of fused-ring (bicyclic) bond motifs is 1. The number of nitrogens with one attached hydrogen (secondary N) is 1. The SMILES string of the molecule is CCCC(C)NC(=O)CN1CCc2ccc(N)cc2C1. The van der Waals surface area contributed by atoms with Crippen molar-refractivity contribution in [2.75, 3.05) is 18.8 Å². The van der Waals surface area contributed by atoms with Crippen molar-refractivity contribution in [2.24, 2.45) is 0 Å². The van der Waals surface area contributed by atoms with Gasteiger partial charge in [-0.2, -0.15) is 0 Å². The molecule has 4 nitrogen and oxygen atoms in total. The maximum absolute atomic E-state index is 12.0. The molecule has 110 valence electrons. The van der Waals surface area contributed by atoms with Crippen LogP contribution >= 0.6 is 0 Å². The predicted octanol–water partition coefficient (Wildman–Crippen LogP) is 1.93. The number of anilines is 1. The number of rotatable bonds is 5. The van der Waals surface area contributed by atoms with E-state index in [1.807, 2.05) is 12.1 Å². The summed E-state index contributed by atoms with van der Waals surface area (Å²) in [4.78, 5) is 14.2. The molecular weight excluding hydrogens is 250 g/mol. The van der Waals surface area contributed by atoms with Gasteiger partial charge in [0.2, 0.25) is 5.91 Å². The fourth-order valence-electron chi connectivity index (χ4n) is 2.80. The molecule has 0 aromatic heterocycles. The van der Waals surface area contributed by atoms with Crippen molar-refractivity contribution < 1.29 is 4.79 Å². The Morgan fingerprint density at radius 2 is 2.25 bits per heavy atom. The summed E-state index contributed by atoms with van der Waals surface area (Å²) in [6.07, 6.45) is 3.12. The predicted molar refractivity (Wildman–Crippen MR) is 82.3 cm³/mol. The van der Waals surface area contributed by atoms with Crippen LogP contribution in [0, 0.1) is 0 Å². The number of nitrogen functional groups attached to an aromatic ring is 1. The molecule has 1 aliphatic rings. The van der Waals surface area contributed by atoms with E-state index in [1.165, 1.54) is 11.1 Å². The van der Waals surface area contributed by atoms with Gasteiger partial charge in [0.1, 0.15) is 0 Å². The Morgan fingerprint density at radius 1 is 1.45 bits per heavy atom. The highest BCUT2D eigenvalue weighted by atomic mass is 16.2. The van der Waals surface area contributed by atoms with Crippen molar-refractivity contribution in [3.8, 4) is 0 Å². The van der Waals surface area contributed by atoms with E-state index in [0.717, 1.165) is 38.0 Å². The maximum atomic E-state index is 12.0. The van der Waals surface area contributed by atoms with Crippen LogP contribution in [0.1, 0.15) is 37.8 Å². The minimum Gasteiger partial charge on any atom is -0.399 e. The van der Waals surface area contributed by atoms with Gasteiger partial charge in [-0.1, -0.05) is 19.4 Å². The lowest BCUT2D eigenvalue weighted by Crippen LogP contribution is -2.42. The fourth-order valence-corrected chi connectivity index (χ4v) is 2.80. The molecular formula is C16H25N3O. The Hall–Kier alpha value is -1.55. The van der Waals surface area contributed by atoms with Crippen molar-refractivity contribution in [1.29, 1.82) is 0 Å². The van der Waals surface area contributed by atoms with Gasteiger partial charge < -0.3 is 11.1 Å². The van der Waals surface area contributed by atoms with Crippen molar-refractivity contribution in [1.82, 2.24) is 10.2 Å². The topological polar surface area (TPSA) is 58.4 Å². The summed E-state index contributed by atoms with van der Waals surface area (Å²) >= 11 is 0. The molecule has 1 aliphatic heterocycles. The van der Waals surface area contributed by atoms with Crippen LogP contribution < -0.4 is 11.1 Å². The molecule has 0 spiro atoms. The summed E-state index contributed by atoms with van der Waals surface area (Å²) in [7, 11) is 0. The molecule has 0 bridgehead atoms. The van der Waals surface area contributed by atoms with Crippen molar-refractivity contribution in [3.05, 3.63) is 29.3 Å². The molecule has 3 N–H and O–H groups in total. The lowest BCUT2D eigenvalue weighted by atomic mass is 9.99. The van der Waals surface area contributed by atoms with Gasteiger partial charge in [-0.3, -0.25) is 9.69 Å². The molecule has 1 unspecified atom stereocenters. The molecule has 1 aromatic carbocycles. The normalized spacial score (nSPS) is 16.5. The van der Waals surface area contributed by atoms with Gasteiger partial charge in [-0.05, 0) is 43.0 Å². The third-order valence-electron chi connectivity index (χ3n) is 3.82. The summed E-state index contributed by atoms with van der Waals surface area (Å²) in [5.74, 6) is 0.123. The number of carbonyl (C=O) groups is 1. The zero-order valence-corrected chi connectivity index (χ0v) is 12.5. The third kappa shape index (κ3) is 3.97. The van der Waals surface area contributed by atoms with Crippen LogP contribution in [-0.2, 0) is 17.8 Å². The summed E-state index contributed by atoms with van der Waals surface area (Å²) in [6.45, 7) is 6.42. The van der Waals surface area contributed by atoms with Crippen molar-refractivity contribution in [3.63, 3.8) is 0 Å². The second-order valence-electron chi connectivity index (χ2n) is 5.75. The van der Waals surface area contributed by atoms with E-state index >= 15 is 0 Å². The highest BCUT2D eigenvalue weighted by Crippen LogP contribution is 2.21. The van der Waals surface area contributed by atoms with E-state index in [-0.39, 0.29) is 11.9 Å². The number of hydrogen-bond donors (Lipinski definition) is 2. The van der Waals surface area contributed by atoms with E-state index in [1.54, 1.807) is 0 Å². The van der Waals surface area contributed by atoms with Gasteiger partial charge in [0.15, 0.2) is 0 Å². The van der Waals surface area contributed by atoms with Crippen LogP contribution in [0.25, 0.3) is 0 Å². The zero-order chi connectivity index (χ0) is 14.5. The molecule has 2 rings (SSSR count). The van der Waals surface area contributed by atoms with Crippen molar-refractivity contribution >= 4 is 11.6 Å². The smallest absolute Gasteiger partial charge is 0.234 e. The van der Waals surface area contributed by atoms with Gasteiger partial charge in [0, 0.05) is 24.8 Å². The monoisotopic (exact) mass is 275 g/mol. The second-order valence-corrected chi connectivity index (χ2v) is 5.75. The number of amides is 1. The average Bonchev–Trinajstić information content (AvgIpc) is 2.38. The Balaban J connectivity index is 1.88. The first-order valence-corrected chi connectivity index (χ1v) is 7.47. The minimum atomic E-state index is 0.123. The van der Waals surface area contributed by atoms with E-state index in [0.29, 0.717) is 6.54 Å². The zero-order valence-electron chi connectivity index (χ0n) is 12.5. The summed E-state index contributed by atoms with van der Waals surface area (Å²) < 4.78 is 0. The van der Waals surface area contributed by atoms with Crippen LogP contribution in [0.3, 0.4) is 0 Å². The van der Waals surface area contributed by atoms with E-state index < -0.39 is 0 Å². The van der Waals surface area contributed by atoms with Gasteiger partial charge in [0.25, 0.3) is 0 Å². The van der Waals surface area contributed by atoms with E-state index in [4.69, 9.17) is 5.73 Å². The highest BCUT2D eigenvalue weighted by molar-refractivity contribution is 5.78. The van der Waals surface area contributed by atoms with Crippen LogP contribution in [0.15, 0.2) is 18.2 Å². The van der Waals surface area contributed by atoms with E-state index in [9.17, 15) is 4.79 Å². The second kappa shape index (κ2) is 6.75. The Bertz CT molecular complexity index is 473. The first-order chi connectivity index (χ1) is 9.58. The molecule has 1 atom stereocenters. The fraction of sp³-hybridized carbons (Fsp3) is 0.562. The molecule has 0 aliphatic carbocycles. The summed E-state index contributed by atoms with van der Waals surface area (Å²) in [5, 5.41) is 3.06. The molecule has 0 radical (unpaired) electrons. The highest BCUT2D eigenvalue weighted by Gasteiger charge is 2.19. The van der Waals surface area contributed by atoms with Gasteiger partial charge in [-0.15, -0.1) is 0 Å². The molecule has 1 aromatic rings. The lowest BCUT2D eigenvalue weighted by molar-refractivity contribution is -0.123. The molecule has 4 heteroatoms. The van der Waals surface area contributed by atoms with Crippen molar-refractivity contribution in [2.45, 2.75) is 45.7 Å². The number of nitrogens with two attached hydrogens (primary N) is 1. The maximum Gasteiger partial charge on any atom is 0.234 e.